The molecule has 1 amide bonds. The van der Waals surface area contributed by atoms with E-state index in [0.29, 0.717) is 26.4 Å². The number of rotatable bonds is 8. The number of halogens is 1. The van der Waals surface area contributed by atoms with E-state index in [2.05, 4.69) is 25.7 Å². The van der Waals surface area contributed by atoms with Gasteiger partial charge in [0.15, 0.2) is 18.1 Å². The molecule has 0 aliphatic carbocycles. The number of aliphatic hydroxyl groups excluding tert-OH is 1. The van der Waals surface area contributed by atoms with E-state index in [0.717, 1.165) is 11.8 Å². The van der Waals surface area contributed by atoms with Gasteiger partial charge in [0.05, 0.1) is 25.7 Å². The summed E-state index contributed by atoms with van der Waals surface area (Å²) in [7, 11) is 2.69. The molecule has 1 aliphatic rings. The number of esters is 2. The van der Waals surface area contributed by atoms with E-state index in [1.807, 2.05) is 0 Å². The molecule has 1 heterocycles. The van der Waals surface area contributed by atoms with Crippen LogP contribution in [0.1, 0.15) is 25.8 Å². The number of thioether (sulfide) groups is 1. The molecule has 0 spiro atoms. The van der Waals surface area contributed by atoms with Crippen LogP contribution in [0.25, 0.3) is 6.08 Å². The number of hydrogen-bond acceptors (Lipinski definition) is 9. The van der Waals surface area contributed by atoms with E-state index in [9.17, 15) is 19.5 Å². The monoisotopic (exact) mass is 527 g/mol. The summed E-state index contributed by atoms with van der Waals surface area (Å²) in [5.74, 6) is -1.46. The molecule has 32 heavy (non-hydrogen) atoms. The van der Waals surface area contributed by atoms with Crippen molar-refractivity contribution in [1.82, 2.24) is 0 Å². The van der Waals surface area contributed by atoms with Crippen LogP contribution in [0.2, 0.25) is 0 Å². The Labute approximate surface area is 197 Å². The van der Waals surface area contributed by atoms with Gasteiger partial charge >= 0.3 is 11.9 Å². The van der Waals surface area contributed by atoms with Crippen LogP contribution >= 0.6 is 27.7 Å². The van der Waals surface area contributed by atoms with Gasteiger partial charge in [-0.05, 0) is 30.7 Å². The molecule has 0 atom stereocenters. The summed E-state index contributed by atoms with van der Waals surface area (Å²) in [6.45, 7) is 3.08. The number of carbonyl (C=O) groups is 3. The number of ether oxygens (including phenoxy) is 4. The topological polar surface area (TPSA) is 121 Å². The zero-order valence-electron chi connectivity index (χ0n) is 17.9. The number of amides is 1. The van der Waals surface area contributed by atoms with Crippen molar-refractivity contribution in [3.05, 3.63) is 38.4 Å². The van der Waals surface area contributed by atoms with Gasteiger partial charge < -0.3 is 24.1 Å². The minimum absolute atomic E-state index is 0.0696. The highest BCUT2D eigenvalue weighted by atomic mass is 79.9. The zero-order chi connectivity index (χ0) is 23.8. The number of methoxy groups -OCH3 is 2. The van der Waals surface area contributed by atoms with Crippen molar-refractivity contribution >= 4 is 56.7 Å². The maximum Gasteiger partial charge on any atom is 0.344 e. The van der Waals surface area contributed by atoms with Gasteiger partial charge in [0.25, 0.3) is 0 Å². The van der Waals surface area contributed by atoms with Gasteiger partial charge in [0.2, 0.25) is 5.91 Å². The molecule has 0 unspecified atom stereocenters. The highest BCUT2D eigenvalue weighted by Crippen LogP contribution is 2.41. The van der Waals surface area contributed by atoms with Crippen LogP contribution in [0.4, 0.5) is 0 Å². The van der Waals surface area contributed by atoms with E-state index in [-0.39, 0.29) is 36.0 Å². The van der Waals surface area contributed by atoms with Crippen LogP contribution in [-0.4, -0.2) is 55.4 Å². The summed E-state index contributed by atoms with van der Waals surface area (Å²) in [5, 5.41) is 10.8. The fourth-order valence-electron chi connectivity index (χ4n) is 2.45. The number of hydrogen-bond donors (Lipinski definition) is 1. The number of nitrogens with zero attached hydrogens (tertiary/aromatic N) is 1. The predicted molar refractivity (Wildman–Crippen MR) is 123 cm³/mol. The van der Waals surface area contributed by atoms with Crippen molar-refractivity contribution in [2.75, 3.05) is 27.4 Å². The van der Waals surface area contributed by atoms with Crippen LogP contribution < -0.4 is 9.47 Å². The molecule has 0 bridgehead atoms. The third-order valence-corrected chi connectivity index (χ3v) is 5.75. The first kappa shape index (κ1) is 25.5. The number of aliphatic imine (C=N–C) groups is 1. The van der Waals surface area contributed by atoms with E-state index in [4.69, 9.17) is 14.2 Å². The molecule has 0 radical (unpaired) electrons. The van der Waals surface area contributed by atoms with E-state index in [1.54, 1.807) is 32.1 Å². The van der Waals surface area contributed by atoms with Crippen LogP contribution in [0, 0.1) is 0 Å². The van der Waals surface area contributed by atoms with Crippen LogP contribution in [-0.2, 0) is 23.9 Å². The molecule has 0 saturated carbocycles. The highest BCUT2D eigenvalue weighted by molar-refractivity contribution is 9.10. The Balaban J connectivity index is 2.47. The molecule has 1 N–H and O–H groups in total. The normalized spacial score (nSPS) is 15.8. The molecular weight excluding hydrogens is 506 g/mol. The van der Waals surface area contributed by atoms with E-state index < -0.39 is 17.8 Å². The van der Waals surface area contributed by atoms with Crippen LogP contribution in [0.3, 0.4) is 0 Å². The molecule has 1 aliphatic heterocycles. The quantitative estimate of drug-likeness (QED) is 0.502. The Morgan fingerprint density at radius 1 is 1.19 bits per heavy atom. The van der Waals surface area contributed by atoms with Gasteiger partial charge in [-0.1, -0.05) is 34.6 Å². The number of carbonyl (C=O) groups excluding carboxylic acids is 3. The van der Waals surface area contributed by atoms with Gasteiger partial charge in [0, 0.05) is 10.9 Å². The second-order valence-corrected chi connectivity index (χ2v) is 7.99. The minimum atomic E-state index is -0.772. The lowest BCUT2D eigenvalue weighted by atomic mass is 10.1. The first-order valence-corrected chi connectivity index (χ1v) is 11.1. The fraction of sp³-hybridized carbons (Fsp3) is 0.333. The largest absolute Gasteiger partial charge is 0.506 e. The second-order valence-electron chi connectivity index (χ2n) is 6.11. The third kappa shape index (κ3) is 6.13. The summed E-state index contributed by atoms with van der Waals surface area (Å²) in [6.07, 6.45) is 1.74. The second kappa shape index (κ2) is 11.7. The molecule has 11 heteroatoms. The van der Waals surface area contributed by atoms with Gasteiger partial charge in [-0.15, -0.1) is 0 Å². The molecule has 172 valence electrons. The van der Waals surface area contributed by atoms with Crippen LogP contribution in [0.15, 0.2) is 37.8 Å². The van der Waals surface area contributed by atoms with E-state index in [1.165, 1.54) is 14.2 Å². The highest BCUT2D eigenvalue weighted by Gasteiger charge is 2.33. The zero-order valence-corrected chi connectivity index (χ0v) is 20.3. The summed E-state index contributed by atoms with van der Waals surface area (Å²) < 4.78 is 20.9. The molecular formula is C21H22BrNO8S. The first-order chi connectivity index (χ1) is 15.2. The first-order valence-electron chi connectivity index (χ1n) is 9.44. The van der Waals surface area contributed by atoms with E-state index >= 15 is 0 Å². The Morgan fingerprint density at radius 2 is 1.91 bits per heavy atom. The lowest BCUT2D eigenvalue weighted by Crippen LogP contribution is -2.14. The molecule has 2 rings (SSSR count). The SMILES string of the molecule is CCOC(=O)C1=C(O)/C(=C/c2cc(OC)c(OCC(=O)OC)cc2Br)SC1=NC(=O)CC. The summed E-state index contributed by atoms with van der Waals surface area (Å²) in [5.41, 5.74) is 0.415. The number of benzene rings is 1. The van der Waals surface area contributed by atoms with Crippen molar-refractivity contribution in [2.24, 2.45) is 4.99 Å². The Hall–Kier alpha value is -2.79. The summed E-state index contributed by atoms with van der Waals surface area (Å²) >= 11 is 4.39. The molecule has 0 fully saturated rings. The Kier molecular flexibility index (Phi) is 9.33. The lowest BCUT2D eigenvalue weighted by molar-refractivity contribution is -0.143. The average Bonchev–Trinajstić information content (AvgIpc) is 3.07. The van der Waals surface area contributed by atoms with Gasteiger partial charge in [0.1, 0.15) is 16.4 Å². The van der Waals surface area contributed by atoms with Crippen molar-refractivity contribution in [3.63, 3.8) is 0 Å². The minimum Gasteiger partial charge on any atom is -0.506 e. The van der Waals surface area contributed by atoms with Gasteiger partial charge in [-0.2, -0.15) is 0 Å². The summed E-state index contributed by atoms with van der Waals surface area (Å²) in [4.78, 5) is 39.7. The lowest BCUT2D eigenvalue weighted by Gasteiger charge is -2.12. The van der Waals surface area contributed by atoms with Gasteiger partial charge in [-0.3, -0.25) is 4.79 Å². The fourth-order valence-corrected chi connectivity index (χ4v) is 3.91. The Morgan fingerprint density at radius 3 is 2.50 bits per heavy atom. The standard InChI is InChI=1S/C21H22BrNO8S/c1-5-16(24)23-20-18(21(27)30-6-2)19(26)15(32-20)8-11-7-13(28-3)14(9-12(11)22)31-10-17(25)29-4/h7-9,26H,5-6,10H2,1-4H3/b15-8-,23-20?. The predicted octanol–water partition coefficient (Wildman–Crippen LogP) is 3.81. The third-order valence-electron chi connectivity index (χ3n) is 4.04. The number of aliphatic hydroxyl groups is 1. The maximum absolute atomic E-state index is 12.3. The average molecular weight is 528 g/mol. The maximum atomic E-state index is 12.3. The van der Waals surface area contributed by atoms with Gasteiger partial charge in [-0.25, -0.2) is 14.6 Å². The smallest absolute Gasteiger partial charge is 0.344 e. The van der Waals surface area contributed by atoms with Crippen molar-refractivity contribution in [2.45, 2.75) is 20.3 Å². The summed E-state index contributed by atoms with van der Waals surface area (Å²) in [6, 6.07) is 3.21. The molecule has 0 aromatic heterocycles. The van der Waals surface area contributed by atoms with Crippen molar-refractivity contribution in [1.29, 1.82) is 0 Å². The molecule has 1 aromatic carbocycles. The Bertz CT molecular complexity index is 1020. The molecule has 0 saturated heterocycles. The van der Waals surface area contributed by atoms with Crippen molar-refractivity contribution in [3.8, 4) is 11.5 Å². The molecule has 9 nitrogen and oxygen atoms in total. The van der Waals surface area contributed by atoms with Crippen LogP contribution in [0.5, 0.6) is 11.5 Å². The molecule has 1 aromatic rings. The van der Waals surface area contributed by atoms with Crippen molar-refractivity contribution < 1.29 is 38.4 Å².